The largest absolute Gasteiger partial charge is 0.396 e. The minimum atomic E-state index is 0.0260. The summed E-state index contributed by atoms with van der Waals surface area (Å²) in [4.78, 5) is 10.8. The normalized spacial score (nSPS) is 12.7. The Morgan fingerprint density at radius 2 is 2.38 bits per heavy atom. The molecule has 1 aromatic heterocycles. The molecule has 0 aromatic carbocycles. The molecule has 1 rings (SSSR count). The number of hydrogen-bond donors (Lipinski definition) is 1. The summed E-state index contributed by atoms with van der Waals surface area (Å²) < 4.78 is 6.65. The van der Waals surface area contributed by atoms with Gasteiger partial charge < -0.3 is 9.84 Å². The predicted octanol–water partition coefficient (Wildman–Crippen LogP) is 0.223. The van der Waals surface area contributed by atoms with E-state index in [1.165, 1.54) is 0 Å². The van der Waals surface area contributed by atoms with E-state index < -0.39 is 0 Å². The van der Waals surface area contributed by atoms with Gasteiger partial charge in [-0.05, 0) is 13.3 Å². The lowest BCUT2D eigenvalue weighted by atomic mass is 10.2. The van der Waals surface area contributed by atoms with Crippen molar-refractivity contribution in [1.82, 2.24) is 15.0 Å². The maximum absolute atomic E-state index is 10.8. The van der Waals surface area contributed by atoms with Crippen LogP contribution in [0.15, 0.2) is 0 Å². The summed E-state index contributed by atoms with van der Waals surface area (Å²) in [5, 5.41) is 16.6. The Morgan fingerprint density at radius 3 is 2.94 bits per heavy atom. The Morgan fingerprint density at radius 1 is 1.62 bits per heavy atom. The van der Waals surface area contributed by atoms with Gasteiger partial charge in [0.2, 0.25) is 0 Å². The van der Waals surface area contributed by atoms with Crippen LogP contribution in [-0.2, 0) is 11.2 Å². The Kier molecular flexibility index (Phi) is 5.07. The Hall–Kier alpha value is -1.27. The molecule has 1 unspecified atom stereocenters. The van der Waals surface area contributed by atoms with Crippen LogP contribution in [0.5, 0.6) is 0 Å². The SMILES string of the molecule is COCCc1c(C=O)nnn1C(C)CCO. The highest BCUT2D eigenvalue weighted by Gasteiger charge is 2.16. The summed E-state index contributed by atoms with van der Waals surface area (Å²) in [5.41, 5.74) is 1.11. The fourth-order valence-corrected chi connectivity index (χ4v) is 1.52. The van der Waals surface area contributed by atoms with Crippen LogP contribution >= 0.6 is 0 Å². The number of rotatable bonds is 7. The van der Waals surface area contributed by atoms with Crippen molar-refractivity contribution >= 4 is 6.29 Å². The molecule has 0 spiro atoms. The van der Waals surface area contributed by atoms with Gasteiger partial charge in [-0.2, -0.15) is 0 Å². The van der Waals surface area contributed by atoms with Gasteiger partial charge in [0, 0.05) is 20.1 Å². The van der Waals surface area contributed by atoms with Gasteiger partial charge in [0.05, 0.1) is 18.3 Å². The quantitative estimate of drug-likeness (QED) is 0.674. The number of nitrogens with zero attached hydrogens (tertiary/aromatic N) is 3. The van der Waals surface area contributed by atoms with Gasteiger partial charge in [-0.3, -0.25) is 4.79 Å². The first-order valence-electron chi connectivity index (χ1n) is 5.23. The molecule has 0 saturated carbocycles. The van der Waals surface area contributed by atoms with Gasteiger partial charge in [-0.25, -0.2) is 4.68 Å². The summed E-state index contributed by atoms with van der Waals surface area (Å²) >= 11 is 0. The number of methoxy groups -OCH3 is 1. The van der Waals surface area contributed by atoms with Crippen molar-refractivity contribution in [2.45, 2.75) is 25.8 Å². The predicted molar refractivity (Wildman–Crippen MR) is 57.4 cm³/mol. The second-order valence-corrected chi connectivity index (χ2v) is 3.59. The maximum atomic E-state index is 10.8. The number of aromatic nitrogens is 3. The highest BCUT2D eigenvalue weighted by Crippen LogP contribution is 2.14. The first-order valence-corrected chi connectivity index (χ1v) is 5.23. The molecule has 90 valence electrons. The van der Waals surface area contributed by atoms with Crippen LogP contribution in [0.1, 0.15) is 35.6 Å². The fourth-order valence-electron chi connectivity index (χ4n) is 1.52. The molecule has 1 aromatic rings. The second-order valence-electron chi connectivity index (χ2n) is 3.59. The van der Waals surface area contributed by atoms with Gasteiger partial charge >= 0.3 is 0 Å². The molecule has 16 heavy (non-hydrogen) atoms. The van der Waals surface area contributed by atoms with Crippen LogP contribution in [0, 0.1) is 0 Å². The van der Waals surface area contributed by atoms with Crippen molar-refractivity contribution in [3.05, 3.63) is 11.4 Å². The molecule has 0 amide bonds. The van der Waals surface area contributed by atoms with E-state index >= 15 is 0 Å². The first kappa shape index (κ1) is 12.8. The van der Waals surface area contributed by atoms with E-state index in [9.17, 15) is 4.79 Å². The van der Waals surface area contributed by atoms with Crippen LogP contribution in [0.3, 0.4) is 0 Å². The molecule has 0 bridgehead atoms. The molecule has 0 fully saturated rings. The van der Waals surface area contributed by atoms with Crippen molar-refractivity contribution in [2.24, 2.45) is 0 Å². The summed E-state index contributed by atoms with van der Waals surface area (Å²) in [6.45, 7) is 2.52. The molecule has 0 aliphatic carbocycles. The van der Waals surface area contributed by atoms with Gasteiger partial charge in [0.25, 0.3) is 0 Å². The number of aldehydes is 1. The van der Waals surface area contributed by atoms with E-state index in [-0.39, 0.29) is 12.6 Å². The number of carbonyl (C=O) groups is 1. The zero-order chi connectivity index (χ0) is 12.0. The van der Waals surface area contributed by atoms with Gasteiger partial charge in [-0.15, -0.1) is 5.10 Å². The molecule has 0 saturated heterocycles. The van der Waals surface area contributed by atoms with E-state index in [1.807, 2.05) is 6.92 Å². The Balaban J connectivity index is 2.89. The lowest BCUT2D eigenvalue weighted by molar-refractivity contribution is 0.111. The summed E-state index contributed by atoms with van der Waals surface area (Å²) in [5.74, 6) is 0. The molecule has 1 heterocycles. The minimum absolute atomic E-state index is 0.0260. The topological polar surface area (TPSA) is 77.2 Å². The smallest absolute Gasteiger partial charge is 0.172 e. The molecule has 1 N–H and O–H groups in total. The molecule has 6 heteroatoms. The van der Waals surface area contributed by atoms with E-state index in [1.54, 1.807) is 11.8 Å². The van der Waals surface area contributed by atoms with Gasteiger partial charge in [0.1, 0.15) is 5.69 Å². The number of aliphatic hydroxyl groups excluding tert-OH is 1. The van der Waals surface area contributed by atoms with Crippen LogP contribution in [0.25, 0.3) is 0 Å². The van der Waals surface area contributed by atoms with Crippen LogP contribution in [-0.4, -0.2) is 46.7 Å². The molecular formula is C10H17N3O3. The fraction of sp³-hybridized carbons (Fsp3) is 0.700. The van der Waals surface area contributed by atoms with Crippen molar-refractivity contribution < 1.29 is 14.6 Å². The van der Waals surface area contributed by atoms with E-state index in [4.69, 9.17) is 9.84 Å². The molecule has 6 nitrogen and oxygen atoms in total. The third kappa shape index (κ3) is 2.86. The third-order valence-corrected chi connectivity index (χ3v) is 2.44. The van der Waals surface area contributed by atoms with Gasteiger partial charge in [0.15, 0.2) is 6.29 Å². The molecule has 0 aliphatic rings. The van der Waals surface area contributed by atoms with Crippen LogP contribution < -0.4 is 0 Å². The van der Waals surface area contributed by atoms with Crippen molar-refractivity contribution in [2.75, 3.05) is 20.3 Å². The molecular weight excluding hydrogens is 210 g/mol. The average molecular weight is 227 g/mol. The monoisotopic (exact) mass is 227 g/mol. The average Bonchev–Trinajstić information content (AvgIpc) is 2.69. The Bertz CT molecular complexity index is 338. The molecule has 0 radical (unpaired) electrons. The number of ether oxygens (including phenoxy) is 1. The maximum Gasteiger partial charge on any atom is 0.172 e. The first-order chi connectivity index (χ1) is 7.74. The third-order valence-electron chi connectivity index (χ3n) is 2.44. The van der Waals surface area contributed by atoms with E-state index in [0.717, 1.165) is 5.69 Å². The lowest BCUT2D eigenvalue weighted by Crippen LogP contribution is -2.14. The molecule has 0 aliphatic heterocycles. The van der Waals surface area contributed by atoms with E-state index in [2.05, 4.69) is 10.3 Å². The lowest BCUT2D eigenvalue weighted by Gasteiger charge is -2.13. The standard InChI is InChI=1S/C10H17N3O3/c1-8(3-5-14)13-10(4-6-16-2)9(7-15)11-12-13/h7-8,14H,3-6H2,1-2H3. The Labute approximate surface area is 94.2 Å². The number of carbonyl (C=O) groups excluding carboxylic acids is 1. The zero-order valence-electron chi connectivity index (χ0n) is 9.59. The highest BCUT2D eigenvalue weighted by molar-refractivity contribution is 5.73. The highest BCUT2D eigenvalue weighted by atomic mass is 16.5. The van der Waals surface area contributed by atoms with Crippen molar-refractivity contribution in [1.29, 1.82) is 0 Å². The minimum Gasteiger partial charge on any atom is -0.396 e. The second kappa shape index (κ2) is 6.34. The number of hydrogen-bond acceptors (Lipinski definition) is 5. The van der Waals surface area contributed by atoms with Gasteiger partial charge in [-0.1, -0.05) is 5.21 Å². The van der Waals surface area contributed by atoms with Crippen molar-refractivity contribution in [3.63, 3.8) is 0 Å². The summed E-state index contributed by atoms with van der Waals surface area (Å²) in [6.07, 6.45) is 1.87. The zero-order valence-corrected chi connectivity index (χ0v) is 9.59. The van der Waals surface area contributed by atoms with Crippen molar-refractivity contribution in [3.8, 4) is 0 Å². The van der Waals surface area contributed by atoms with E-state index in [0.29, 0.717) is 31.4 Å². The van der Waals surface area contributed by atoms with Crippen LogP contribution in [0.2, 0.25) is 0 Å². The number of aliphatic hydroxyl groups is 1. The molecule has 1 atom stereocenters. The summed E-state index contributed by atoms with van der Waals surface area (Å²) in [7, 11) is 1.60. The van der Waals surface area contributed by atoms with Crippen LogP contribution in [0.4, 0.5) is 0 Å². The summed E-state index contributed by atoms with van der Waals surface area (Å²) in [6, 6.07) is 0.0260.